The maximum Gasteiger partial charge on any atom is 0.326 e. The highest BCUT2D eigenvalue weighted by molar-refractivity contribution is 7.98. The van der Waals surface area contributed by atoms with Gasteiger partial charge >= 0.3 is 5.97 Å². The molecule has 0 aliphatic heterocycles. The van der Waals surface area contributed by atoms with Crippen molar-refractivity contribution in [3.8, 4) is 0 Å². The van der Waals surface area contributed by atoms with Gasteiger partial charge in [0, 0.05) is 17.5 Å². The Kier molecular flexibility index (Phi) is 6.75. The van der Waals surface area contributed by atoms with Crippen LogP contribution in [0.15, 0.2) is 18.2 Å². The van der Waals surface area contributed by atoms with E-state index in [1.807, 2.05) is 20.8 Å². The highest BCUT2D eigenvalue weighted by Crippen LogP contribution is 2.21. The molecule has 1 unspecified atom stereocenters. The minimum Gasteiger partial charge on any atom is -0.468 e. The Morgan fingerprint density at radius 3 is 2.33 bits per heavy atom. The monoisotopic (exact) mass is 309 g/mol. The summed E-state index contributed by atoms with van der Waals surface area (Å²) in [4.78, 5) is 12.0. The zero-order valence-electron chi connectivity index (χ0n) is 13.9. The molecule has 4 heteroatoms. The Balaban J connectivity index is 2.67. The number of thioether (sulfide) groups is 1. The summed E-state index contributed by atoms with van der Waals surface area (Å²) in [7, 11) is 1.44. The molecule has 0 amide bonds. The molecule has 118 valence electrons. The van der Waals surface area contributed by atoms with Crippen molar-refractivity contribution >= 4 is 17.7 Å². The number of carbonyl (C=O) groups is 1. The van der Waals surface area contributed by atoms with Gasteiger partial charge in [-0.15, -0.1) is 0 Å². The largest absolute Gasteiger partial charge is 0.468 e. The number of rotatable bonds is 7. The van der Waals surface area contributed by atoms with E-state index in [1.165, 1.54) is 23.8 Å². The van der Waals surface area contributed by atoms with Crippen molar-refractivity contribution in [1.29, 1.82) is 0 Å². The molecular formula is C17H27NO2S. The molecule has 0 aliphatic carbocycles. The Morgan fingerprint density at radius 1 is 1.29 bits per heavy atom. The topological polar surface area (TPSA) is 38.3 Å². The van der Waals surface area contributed by atoms with Gasteiger partial charge < -0.3 is 4.74 Å². The molecule has 0 bridgehead atoms. The second-order valence-corrected chi connectivity index (χ2v) is 7.10. The van der Waals surface area contributed by atoms with Crippen LogP contribution in [0.25, 0.3) is 0 Å². The molecule has 0 aromatic heterocycles. The Morgan fingerprint density at radius 2 is 1.86 bits per heavy atom. The van der Waals surface area contributed by atoms with E-state index in [0.29, 0.717) is 5.75 Å². The van der Waals surface area contributed by atoms with Crippen molar-refractivity contribution in [1.82, 2.24) is 5.32 Å². The molecule has 3 nitrogen and oxygen atoms in total. The highest BCUT2D eigenvalue weighted by Gasteiger charge is 2.34. The number of methoxy groups -OCH3 is 1. The van der Waals surface area contributed by atoms with Crippen LogP contribution in [0, 0.1) is 13.8 Å². The number of benzene rings is 1. The summed E-state index contributed by atoms with van der Waals surface area (Å²) in [5.41, 5.74) is 3.21. The van der Waals surface area contributed by atoms with E-state index >= 15 is 0 Å². The van der Waals surface area contributed by atoms with Crippen molar-refractivity contribution in [2.75, 3.05) is 12.9 Å². The first-order chi connectivity index (χ1) is 9.76. The van der Waals surface area contributed by atoms with Gasteiger partial charge in [0.1, 0.15) is 5.54 Å². The SMILES string of the molecule is COC(=O)C(C)(CSCc1cc(C)cc(C)c1)NC(C)C. The van der Waals surface area contributed by atoms with Crippen molar-refractivity contribution in [2.45, 2.75) is 52.0 Å². The molecular weight excluding hydrogens is 282 g/mol. The molecule has 1 aromatic rings. The molecule has 1 aromatic carbocycles. The fraction of sp³-hybridized carbons (Fsp3) is 0.588. The number of carbonyl (C=O) groups excluding carboxylic acids is 1. The van der Waals surface area contributed by atoms with Crippen LogP contribution in [0.5, 0.6) is 0 Å². The molecule has 0 heterocycles. The third-order valence-corrected chi connectivity index (χ3v) is 4.50. The third kappa shape index (κ3) is 5.71. The van der Waals surface area contributed by atoms with Gasteiger partial charge in [-0.2, -0.15) is 11.8 Å². The molecule has 0 aliphatic rings. The molecule has 1 rings (SSSR count). The standard InChI is InChI=1S/C17H27NO2S/c1-12(2)18-17(5,16(19)20-6)11-21-10-15-8-13(3)7-14(4)9-15/h7-9,12,18H,10-11H2,1-6H3. The molecule has 0 saturated heterocycles. The number of hydrogen-bond acceptors (Lipinski definition) is 4. The number of hydrogen-bond donors (Lipinski definition) is 1. The molecule has 1 atom stereocenters. The summed E-state index contributed by atoms with van der Waals surface area (Å²) < 4.78 is 4.94. The third-order valence-electron chi connectivity index (χ3n) is 3.18. The van der Waals surface area contributed by atoms with E-state index in [1.54, 1.807) is 11.8 Å². The summed E-state index contributed by atoms with van der Waals surface area (Å²) in [5.74, 6) is 1.38. The predicted octanol–water partition coefficient (Wildman–Crippen LogP) is 3.47. The van der Waals surface area contributed by atoms with Gasteiger partial charge in [-0.05, 0) is 40.2 Å². The van der Waals surface area contributed by atoms with Crippen molar-refractivity contribution in [3.05, 3.63) is 34.9 Å². The lowest BCUT2D eigenvalue weighted by atomic mass is 10.0. The summed E-state index contributed by atoms with van der Waals surface area (Å²) in [6.07, 6.45) is 0. The van der Waals surface area contributed by atoms with Crippen molar-refractivity contribution in [2.24, 2.45) is 0 Å². The van der Waals surface area contributed by atoms with Crippen LogP contribution in [-0.4, -0.2) is 30.4 Å². The number of ether oxygens (including phenoxy) is 1. The van der Waals surface area contributed by atoms with Crippen LogP contribution < -0.4 is 5.32 Å². The average molecular weight is 309 g/mol. The van der Waals surface area contributed by atoms with E-state index < -0.39 is 5.54 Å². The van der Waals surface area contributed by atoms with E-state index in [9.17, 15) is 4.79 Å². The Hall–Kier alpha value is -1.00. The van der Waals surface area contributed by atoms with Gasteiger partial charge in [0.15, 0.2) is 0 Å². The van der Waals surface area contributed by atoms with E-state index in [0.717, 1.165) is 5.75 Å². The first-order valence-corrected chi connectivity index (χ1v) is 8.43. The van der Waals surface area contributed by atoms with Crippen LogP contribution in [0.4, 0.5) is 0 Å². The maximum atomic E-state index is 12.0. The molecule has 21 heavy (non-hydrogen) atoms. The van der Waals surface area contributed by atoms with Gasteiger partial charge in [-0.25, -0.2) is 0 Å². The summed E-state index contributed by atoms with van der Waals surface area (Å²) >= 11 is 1.75. The van der Waals surface area contributed by atoms with Gasteiger partial charge in [-0.3, -0.25) is 10.1 Å². The van der Waals surface area contributed by atoms with E-state index in [-0.39, 0.29) is 12.0 Å². The Bertz CT molecular complexity index is 467. The lowest BCUT2D eigenvalue weighted by Crippen LogP contribution is -2.54. The zero-order chi connectivity index (χ0) is 16.0. The van der Waals surface area contributed by atoms with Crippen LogP contribution in [0.3, 0.4) is 0 Å². The second-order valence-electron chi connectivity index (χ2n) is 6.11. The van der Waals surface area contributed by atoms with Gasteiger partial charge in [-0.1, -0.05) is 29.3 Å². The van der Waals surface area contributed by atoms with E-state index in [2.05, 4.69) is 37.4 Å². The Labute approximate surface area is 132 Å². The smallest absolute Gasteiger partial charge is 0.326 e. The maximum absolute atomic E-state index is 12.0. The van der Waals surface area contributed by atoms with Crippen molar-refractivity contribution in [3.63, 3.8) is 0 Å². The fourth-order valence-electron chi connectivity index (χ4n) is 2.55. The minimum atomic E-state index is -0.646. The predicted molar refractivity (Wildman–Crippen MR) is 90.8 cm³/mol. The normalized spacial score (nSPS) is 14.0. The zero-order valence-corrected chi connectivity index (χ0v) is 14.8. The van der Waals surface area contributed by atoms with Crippen LogP contribution in [-0.2, 0) is 15.3 Å². The summed E-state index contributed by atoms with van der Waals surface area (Å²) in [5, 5.41) is 3.32. The molecule has 0 fully saturated rings. The van der Waals surface area contributed by atoms with Crippen LogP contribution in [0.1, 0.15) is 37.5 Å². The second kappa shape index (κ2) is 7.85. The van der Waals surface area contributed by atoms with Crippen molar-refractivity contribution < 1.29 is 9.53 Å². The average Bonchev–Trinajstić information content (AvgIpc) is 2.35. The quantitative estimate of drug-likeness (QED) is 0.783. The molecule has 1 N–H and O–H groups in total. The highest BCUT2D eigenvalue weighted by atomic mass is 32.2. The first-order valence-electron chi connectivity index (χ1n) is 7.28. The summed E-state index contributed by atoms with van der Waals surface area (Å²) in [6.45, 7) is 10.2. The van der Waals surface area contributed by atoms with Gasteiger partial charge in [0.05, 0.1) is 7.11 Å². The molecule has 0 saturated carbocycles. The number of nitrogens with one attached hydrogen (secondary N) is 1. The lowest BCUT2D eigenvalue weighted by Gasteiger charge is -2.29. The van der Waals surface area contributed by atoms with Crippen LogP contribution >= 0.6 is 11.8 Å². The van der Waals surface area contributed by atoms with Crippen LogP contribution in [0.2, 0.25) is 0 Å². The molecule has 0 radical (unpaired) electrons. The molecule has 0 spiro atoms. The number of aryl methyl sites for hydroxylation is 2. The first kappa shape index (κ1) is 18.1. The fourth-order valence-corrected chi connectivity index (χ4v) is 3.66. The lowest BCUT2D eigenvalue weighted by molar-refractivity contribution is -0.147. The van der Waals surface area contributed by atoms with E-state index in [4.69, 9.17) is 4.74 Å². The summed E-state index contributed by atoms with van der Waals surface area (Å²) in [6, 6.07) is 6.81. The minimum absolute atomic E-state index is 0.205. The number of esters is 1. The van der Waals surface area contributed by atoms with Gasteiger partial charge in [0.2, 0.25) is 0 Å². The van der Waals surface area contributed by atoms with Gasteiger partial charge in [0.25, 0.3) is 0 Å².